The van der Waals surface area contributed by atoms with Crippen LogP contribution in [0.1, 0.15) is 0 Å². The highest BCUT2D eigenvalue weighted by molar-refractivity contribution is 5.67. The Hall–Kier alpha value is -3.21. The van der Waals surface area contributed by atoms with Gasteiger partial charge in [0.2, 0.25) is 0 Å². The van der Waals surface area contributed by atoms with E-state index in [1.165, 1.54) is 0 Å². The van der Waals surface area contributed by atoms with Gasteiger partial charge in [-0.3, -0.25) is 4.98 Å². The predicted molar refractivity (Wildman–Crippen MR) is 88.2 cm³/mol. The fraction of sp³-hybridized carbons (Fsp3) is 0.0556. The summed E-state index contributed by atoms with van der Waals surface area (Å²) in [6, 6.07) is 17.5. The second-order valence-corrected chi connectivity index (χ2v) is 5.07. The van der Waals surface area contributed by atoms with E-state index < -0.39 is 0 Å². The van der Waals surface area contributed by atoms with Crippen molar-refractivity contribution in [3.63, 3.8) is 0 Å². The van der Waals surface area contributed by atoms with E-state index in [0.29, 0.717) is 0 Å². The van der Waals surface area contributed by atoms with Crippen molar-refractivity contribution in [1.82, 2.24) is 19.6 Å². The van der Waals surface area contributed by atoms with Gasteiger partial charge in [-0.15, -0.1) is 0 Å². The molecule has 4 aromatic rings. The quantitative estimate of drug-likeness (QED) is 0.581. The number of ether oxygens (including phenoxy) is 1. The first-order chi connectivity index (χ1) is 11.3. The Bertz CT molecular complexity index is 946. The van der Waals surface area contributed by atoms with Gasteiger partial charge in [-0.2, -0.15) is 5.10 Å². The maximum atomic E-state index is 5.19. The van der Waals surface area contributed by atoms with Crippen LogP contribution in [0.15, 0.2) is 67.0 Å². The Balaban J connectivity index is 1.84. The molecule has 0 unspecified atom stereocenters. The molecule has 0 amide bonds. The molecule has 0 aliphatic carbocycles. The van der Waals surface area contributed by atoms with Crippen molar-refractivity contribution in [3.8, 4) is 28.4 Å². The standard InChI is InChI=1S/C18H14N4O/c1-23-14-7-5-13(6-8-14)16-12-18-20-11-9-17(22(18)21-16)15-4-2-3-10-19-15/h2-12H,1H3. The Morgan fingerprint density at radius 3 is 2.48 bits per heavy atom. The van der Waals surface area contributed by atoms with Crippen LogP contribution >= 0.6 is 0 Å². The van der Waals surface area contributed by atoms with E-state index in [1.54, 1.807) is 19.5 Å². The van der Waals surface area contributed by atoms with Crippen LogP contribution in [0.4, 0.5) is 0 Å². The molecule has 0 aliphatic heterocycles. The van der Waals surface area contributed by atoms with Crippen molar-refractivity contribution >= 4 is 5.65 Å². The molecule has 0 aliphatic rings. The first kappa shape index (κ1) is 13.5. The van der Waals surface area contributed by atoms with Gasteiger partial charge in [-0.05, 0) is 42.5 Å². The van der Waals surface area contributed by atoms with E-state index in [4.69, 9.17) is 4.74 Å². The molecule has 112 valence electrons. The van der Waals surface area contributed by atoms with Gasteiger partial charge in [0.1, 0.15) is 5.75 Å². The largest absolute Gasteiger partial charge is 0.497 e. The van der Waals surface area contributed by atoms with Gasteiger partial charge < -0.3 is 4.74 Å². The fourth-order valence-corrected chi connectivity index (χ4v) is 2.51. The van der Waals surface area contributed by atoms with Crippen molar-refractivity contribution in [2.45, 2.75) is 0 Å². The number of benzene rings is 1. The number of aromatic nitrogens is 4. The third kappa shape index (κ3) is 2.42. The van der Waals surface area contributed by atoms with Gasteiger partial charge in [0.15, 0.2) is 5.65 Å². The van der Waals surface area contributed by atoms with Gasteiger partial charge in [-0.1, -0.05) is 6.07 Å². The molecule has 0 radical (unpaired) electrons. The number of rotatable bonds is 3. The highest BCUT2D eigenvalue weighted by Crippen LogP contribution is 2.24. The van der Waals surface area contributed by atoms with E-state index in [2.05, 4.69) is 15.1 Å². The molecule has 1 aromatic carbocycles. The van der Waals surface area contributed by atoms with Gasteiger partial charge in [0, 0.05) is 24.0 Å². The maximum absolute atomic E-state index is 5.19. The first-order valence-electron chi connectivity index (χ1n) is 7.26. The maximum Gasteiger partial charge on any atom is 0.156 e. The van der Waals surface area contributed by atoms with Crippen LogP contribution in [0.3, 0.4) is 0 Å². The van der Waals surface area contributed by atoms with Crippen LogP contribution in [0, 0.1) is 0 Å². The summed E-state index contributed by atoms with van der Waals surface area (Å²) in [6.07, 6.45) is 3.55. The lowest BCUT2D eigenvalue weighted by molar-refractivity contribution is 0.415. The molecule has 3 aromatic heterocycles. The summed E-state index contributed by atoms with van der Waals surface area (Å²) < 4.78 is 7.02. The molecule has 5 heteroatoms. The molecular formula is C18H14N4O. The Morgan fingerprint density at radius 2 is 1.74 bits per heavy atom. The Morgan fingerprint density at radius 1 is 0.870 bits per heavy atom. The third-order valence-corrected chi connectivity index (χ3v) is 3.67. The van der Waals surface area contributed by atoms with E-state index in [-0.39, 0.29) is 0 Å². The third-order valence-electron chi connectivity index (χ3n) is 3.67. The summed E-state index contributed by atoms with van der Waals surface area (Å²) >= 11 is 0. The van der Waals surface area contributed by atoms with E-state index in [9.17, 15) is 0 Å². The SMILES string of the molecule is COc1ccc(-c2cc3nccc(-c4ccccn4)n3n2)cc1. The lowest BCUT2D eigenvalue weighted by Crippen LogP contribution is -1.96. The Kier molecular flexibility index (Phi) is 3.24. The summed E-state index contributed by atoms with van der Waals surface area (Å²) in [5.41, 5.74) is 4.45. The van der Waals surface area contributed by atoms with Crippen LogP contribution in [-0.4, -0.2) is 26.7 Å². The van der Waals surface area contributed by atoms with Gasteiger partial charge in [0.05, 0.1) is 24.2 Å². The highest BCUT2D eigenvalue weighted by Gasteiger charge is 2.10. The average Bonchev–Trinajstić information content (AvgIpc) is 3.06. The zero-order chi connectivity index (χ0) is 15.6. The van der Waals surface area contributed by atoms with Gasteiger partial charge >= 0.3 is 0 Å². The topological polar surface area (TPSA) is 52.3 Å². The van der Waals surface area contributed by atoms with E-state index >= 15 is 0 Å². The lowest BCUT2D eigenvalue weighted by atomic mass is 10.1. The molecule has 3 heterocycles. The van der Waals surface area contributed by atoms with Crippen molar-refractivity contribution in [2.24, 2.45) is 0 Å². The van der Waals surface area contributed by atoms with Crippen LogP contribution in [0.2, 0.25) is 0 Å². The molecule has 4 rings (SSSR count). The minimum Gasteiger partial charge on any atom is -0.497 e. The van der Waals surface area contributed by atoms with Crippen molar-refractivity contribution in [3.05, 3.63) is 67.0 Å². The summed E-state index contributed by atoms with van der Waals surface area (Å²) in [7, 11) is 1.66. The molecule has 0 N–H and O–H groups in total. The van der Waals surface area contributed by atoms with E-state index in [1.807, 2.05) is 59.1 Å². The lowest BCUT2D eigenvalue weighted by Gasteiger charge is -2.03. The molecule has 5 nitrogen and oxygen atoms in total. The van der Waals surface area contributed by atoms with Gasteiger partial charge in [-0.25, -0.2) is 9.50 Å². The number of nitrogens with zero attached hydrogens (tertiary/aromatic N) is 4. The van der Waals surface area contributed by atoms with Gasteiger partial charge in [0.25, 0.3) is 0 Å². The normalized spacial score (nSPS) is 10.8. The number of hydrogen-bond acceptors (Lipinski definition) is 4. The van der Waals surface area contributed by atoms with Crippen LogP contribution in [0.25, 0.3) is 28.3 Å². The molecule has 0 saturated heterocycles. The molecular weight excluding hydrogens is 288 g/mol. The molecule has 23 heavy (non-hydrogen) atoms. The number of hydrogen-bond donors (Lipinski definition) is 0. The summed E-state index contributed by atoms with van der Waals surface area (Å²) in [5, 5.41) is 4.69. The van der Waals surface area contributed by atoms with Crippen LogP contribution in [0.5, 0.6) is 5.75 Å². The molecule has 0 saturated carbocycles. The van der Waals surface area contributed by atoms with Crippen molar-refractivity contribution < 1.29 is 4.74 Å². The molecule has 0 spiro atoms. The zero-order valence-electron chi connectivity index (χ0n) is 12.5. The van der Waals surface area contributed by atoms with E-state index in [0.717, 1.165) is 34.0 Å². The monoisotopic (exact) mass is 302 g/mol. The Labute approximate surface area is 133 Å². The molecule has 0 atom stereocenters. The zero-order valence-corrected chi connectivity index (χ0v) is 12.5. The fourth-order valence-electron chi connectivity index (χ4n) is 2.51. The van der Waals surface area contributed by atoms with Crippen LogP contribution in [-0.2, 0) is 0 Å². The van der Waals surface area contributed by atoms with Crippen LogP contribution < -0.4 is 4.74 Å². The number of fused-ring (bicyclic) bond motifs is 1. The minimum atomic E-state index is 0.791. The summed E-state index contributed by atoms with van der Waals surface area (Å²) in [6.45, 7) is 0. The second-order valence-electron chi connectivity index (χ2n) is 5.07. The summed E-state index contributed by atoms with van der Waals surface area (Å²) in [5.74, 6) is 0.824. The predicted octanol–water partition coefficient (Wildman–Crippen LogP) is 3.47. The minimum absolute atomic E-state index is 0.791. The summed E-state index contributed by atoms with van der Waals surface area (Å²) in [4.78, 5) is 8.79. The van der Waals surface area contributed by atoms with Crippen molar-refractivity contribution in [1.29, 1.82) is 0 Å². The number of methoxy groups -OCH3 is 1. The smallest absolute Gasteiger partial charge is 0.156 e. The number of pyridine rings is 1. The molecule has 0 fully saturated rings. The second kappa shape index (κ2) is 5.53. The first-order valence-corrected chi connectivity index (χ1v) is 7.26. The average molecular weight is 302 g/mol. The van der Waals surface area contributed by atoms with Crippen molar-refractivity contribution in [2.75, 3.05) is 7.11 Å². The highest BCUT2D eigenvalue weighted by atomic mass is 16.5. The molecule has 0 bridgehead atoms.